The van der Waals surface area contributed by atoms with Gasteiger partial charge in [-0.15, -0.1) is 24.0 Å². The van der Waals surface area contributed by atoms with E-state index in [2.05, 4.69) is 22.0 Å². The highest BCUT2D eigenvalue weighted by Gasteiger charge is 2.35. The molecule has 0 spiro atoms. The van der Waals surface area contributed by atoms with Gasteiger partial charge in [-0.2, -0.15) is 0 Å². The number of nitrogens with one attached hydrogen (secondary N) is 1. The minimum absolute atomic E-state index is 0. The largest absolute Gasteiger partial charge is 0.379 e. The molecule has 8 heteroatoms. The second kappa shape index (κ2) is 13.1. The van der Waals surface area contributed by atoms with Crippen molar-refractivity contribution in [3.8, 4) is 0 Å². The Morgan fingerprint density at radius 3 is 2.57 bits per heavy atom. The summed E-state index contributed by atoms with van der Waals surface area (Å²) < 4.78 is 5.55. The molecular weight excluding hydrogens is 493 g/mol. The SMILES string of the molecule is CCNC(=NCC1(CN2CCOCC2)CCCCC1)N1CCCC(CC(N)=O)C1.I. The van der Waals surface area contributed by atoms with Crippen molar-refractivity contribution >= 4 is 35.8 Å². The predicted octanol–water partition coefficient (Wildman–Crippen LogP) is 2.44. The van der Waals surface area contributed by atoms with Crippen LogP contribution in [0.15, 0.2) is 4.99 Å². The van der Waals surface area contributed by atoms with E-state index in [-0.39, 0.29) is 29.9 Å². The number of primary amides is 1. The molecule has 3 fully saturated rings. The van der Waals surface area contributed by atoms with Gasteiger partial charge in [0.25, 0.3) is 0 Å². The molecule has 1 aliphatic carbocycles. The summed E-state index contributed by atoms with van der Waals surface area (Å²) in [5.74, 6) is 1.18. The minimum Gasteiger partial charge on any atom is -0.379 e. The molecule has 3 N–H and O–H groups in total. The molecule has 0 bridgehead atoms. The normalized spacial score (nSPS) is 25.4. The van der Waals surface area contributed by atoms with Crippen LogP contribution in [0, 0.1) is 11.3 Å². The van der Waals surface area contributed by atoms with Crippen molar-refractivity contribution in [3.05, 3.63) is 0 Å². The minimum atomic E-state index is -0.189. The van der Waals surface area contributed by atoms with E-state index in [4.69, 9.17) is 15.5 Å². The molecule has 0 aromatic carbocycles. The van der Waals surface area contributed by atoms with Crippen LogP contribution in [0.4, 0.5) is 0 Å². The predicted molar refractivity (Wildman–Crippen MR) is 132 cm³/mol. The van der Waals surface area contributed by atoms with Crippen molar-refractivity contribution in [3.63, 3.8) is 0 Å². The van der Waals surface area contributed by atoms with Crippen LogP contribution in [0.25, 0.3) is 0 Å². The van der Waals surface area contributed by atoms with Crippen molar-refractivity contribution < 1.29 is 9.53 Å². The first-order valence-electron chi connectivity index (χ1n) is 11.7. The lowest BCUT2D eigenvalue weighted by Gasteiger charge is -2.42. The third-order valence-corrected chi connectivity index (χ3v) is 6.78. The van der Waals surface area contributed by atoms with Gasteiger partial charge in [-0.25, -0.2) is 0 Å². The number of morpholine rings is 1. The van der Waals surface area contributed by atoms with Gasteiger partial charge in [0.15, 0.2) is 5.96 Å². The molecule has 2 heterocycles. The molecule has 2 saturated heterocycles. The number of guanidine groups is 1. The molecule has 7 nitrogen and oxygen atoms in total. The van der Waals surface area contributed by atoms with Crippen LogP contribution < -0.4 is 11.1 Å². The summed E-state index contributed by atoms with van der Waals surface area (Å²) in [4.78, 5) is 21.5. The second-order valence-electron chi connectivity index (χ2n) is 9.24. The number of carbonyl (C=O) groups is 1. The van der Waals surface area contributed by atoms with E-state index in [1.165, 1.54) is 32.1 Å². The van der Waals surface area contributed by atoms with Crippen LogP contribution in [0.1, 0.15) is 58.3 Å². The molecule has 0 radical (unpaired) electrons. The Kier molecular flexibility index (Phi) is 11.2. The maximum Gasteiger partial charge on any atom is 0.217 e. The number of ether oxygens (including phenoxy) is 1. The first kappa shape index (κ1) is 25.6. The third kappa shape index (κ3) is 7.82. The zero-order valence-electron chi connectivity index (χ0n) is 18.7. The standard InChI is InChI=1S/C22H41N5O2.HI/c1-2-24-21(27-10-6-7-19(16-27)15-20(23)28)25-17-22(8-4-3-5-9-22)18-26-11-13-29-14-12-26;/h19H,2-18H2,1H3,(H2,23,28)(H,24,25);1H. The average molecular weight is 536 g/mol. The molecule has 0 aromatic heterocycles. The fourth-order valence-corrected chi connectivity index (χ4v) is 5.28. The molecule has 2 aliphatic heterocycles. The van der Waals surface area contributed by atoms with Crippen molar-refractivity contribution in [1.82, 2.24) is 15.1 Å². The number of aliphatic imine (C=N–C) groups is 1. The van der Waals surface area contributed by atoms with E-state index in [9.17, 15) is 4.79 Å². The fraction of sp³-hybridized carbons (Fsp3) is 0.909. The molecule has 174 valence electrons. The lowest BCUT2D eigenvalue weighted by atomic mass is 9.73. The number of nitrogens with two attached hydrogens (primary N) is 1. The molecular formula is C22H42IN5O2. The molecule has 1 saturated carbocycles. The summed E-state index contributed by atoms with van der Waals surface area (Å²) >= 11 is 0. The van der Waals surface area contributed by atoms with Gasteiger partial charge in [0.05, 0.1) is 13.2 Å². The number of nitrogens with zero attached hydrogens (tertiary/aromatic N) is 3. The molecule has 30 heavy (non-hydrogen) atoms. The number of amides is 1. The van der Waals surface area contributed by atoms with Crippen LogP contribution in [0.3, 0.4) is 0 Å². The average Bonchev–Trinajstić information content (AvgIpc) is 2.72. The van der Waals surface area contributed by atoms with Gasteiger partial charge in [0, 0.05) is 57.6 Å². The van der Waals surface area contributed by atoms with Gasteiger partial charge in [0.1, 0.15) is 0 Å². The number of halogens is 1. The number of likely N-dealkylation sites (tertiary alicyclic amines) is 1. The highest BCUT2D eigenvalue weighted by atomic mass is 127. The van der Waals surface area contributed by atoms with E-state index < -0.39 is 0 Å². The Balaban J connectivity index is 0.00000320. The lowest BCUT2D eigenvalue weighted by Crippen LogP contribution is -2.49. The smallest absolute Gasteiger partial charge is 0.217 e. The summed E-state index contributed by atoms with van der Waals surface area (Å²) in [6.45, 7) is 10.7. The molecule has 1 amide bonds. The van der Waals surface area contributed by atoms with Gasteiger partial charge in [-0.1, -0.05) is 19.3 Å². The second-order valence-corrected chi connectivity index (χ2v) is 9.24. The van der Waals surface area contributed by atoms with Crippen molar-refractivity contribution in [2.24, 2.45) is 22.1 Å². The molecule has 3 aliphatic rings. The highest BCUT2D eigenvalue weighted by Crippen LogP contribution is 2.37. The van der Waals surface area contributed by atoms with Crippen LogP contribution in [-0.2, 0) is 9.53 Å². The zero-order chi connectivity index (χ0) is 20.5. The Morgan fingerprint density at radius 2 is 1.90 bits per heavy atom. The van der Waals surface area contributed by atoms with E-state index in [0.717, 1.165) is 77.8 Å². The van der Waals surface area contributed by atoms with Crippen molar-refractivity contribution in [2.75, 3.05) is 59.0 Å². The van der Waals surface area contributed by atoms with Gasteiger partial charge in [-0.05, 0) is 38.5 Å². The summed E-state index contributed by atoms with van der Waals surface area (Å²) in [5, 5.41) is 3.51. The fourth-order valence-electron chi connectivity index (χ4n) is 5.28. The first-order chi connectivity index (χ1) is 14.1. The van der Waals surface area contributed by atoms with Gasteiger partial charge in [0.2, 0.25) is 5.91 Å². The highest BCUT2D eigenvalue weighted by molar-refractivity contribution is 14.0. The topological polar surface area (TPSA) is 83.2 Å². The van der Waals surface area contributed by atoms with E-state index in [1.54, 1.807) is 0 Å². The van der Waals surface area contributed by atoms with Crippen molar-refractivity contribution in [2.45, 2.75) is 58.3 Å². The van der Waals surface area contributed by atoms with Crippen LogP contribution in [0.5, 0.6) is 0 Å². The summed E-state index contributed by atoms with van der Waals surface area (Å²) in [5.41, 5.74) is 5.74. The molecule has 0 aromatic rings. The van der Waals surface area contributed by atoms with Crippen LogP contribution >= 0.6 is 24.0 Å². The van der Waals surface area contributed by atoms with E-state index >= 15 is 0 Å². The zero-order valence-corrected chi connectivity index (χ0v) is 21.1. The Labute approximate surface area is 199 Å². The Hall–Kier alpha value is -0.610. The number of hydrogen-bond donors (Lipinski definition) is 2. The molecule has 3 rings (SSSR count). The van der Waals surface area contributed by atoms with Gasteiger partial charge >= 0.3 is 0 Å². The molecule has 1 atom stereocenters. The van der Waals surface area contributed by atoms with Crippen LogP contribution in [-0.4, -0.2) is 80.7 Å². The number of piperidine rings is 1. The number of rotatable bonds is 7. The maximum absolute atomic E-state index is 11.4. The quantitative estimate of drug-likeness (QED) is 0.297. The number of carbonyl (C=O) groups excluding carboxylic acids is 1. The van der Waals surface area contributed by atoms with E-state index in [1.807, 2.05) is 0 Å². The van der Waals surface area contributed by atoms with Gasteiger partial charge in [-0.3, -0.25) is 14.7 Å². The first-order valence-corrected chi connectivity index (χ1v) is 11.7. The summed E-state index contributed by atoms with van der Waals surface area (Å²) in [6.07, 6.45) is 9.21. The Bertz CT molecular complexity index is 548. The monoisotopic (exact) mass is 535 g/mol. The Morgan fingerprint density at radius 1 is 1.17 bits per heavy atom. The summed E-state index contributed by atoms with van der Waals surface area (Å²) in [6, 6.07) is 0. The van der Waals surface area contributed by atoms with Crippen LogP contribution in [0.2, 0.25) is 0 Å². The lowest BCUT2D eigenvalue weighted by molar-refractivity contribution is -0.119. The van der Waals surface area contributed by atoms with Gasteiger partial charge < -0.3 is 20.7 Å². The third-order valence-electron chi connectivity index (χ3n) is 6.78. The van der Waals surface area contributed by atoms with Crippen molar-refractivity contribution in [1.29, 1.82) is 0 Å². The van der Waals surface area contributed by atoms with E-state index in [0.29, 0.717) is 17.8 Å². The summed E-state index contributed by atoms with van der Waals surface area (Å²) in [7, 11) is 0. The maximum atomic E-state index is 11.4. The number of hydrogen-bond acceptors (Lipinski definition) is 4. The molecule has 1 unspecified atom stereocenters.